The minimum atomic E-state index is -0.185. The third kappa shape index (κ3) is 3.99. The monoisotopic (exact) mass is 455 g/mol. The summed E-state index contributed by atoms with van der Waals surface area (Å²) >= 11 is 8.51. The quantitative estimate of drug-likeness (QED) is 0.699. The van der Waals surface area contributed by atoms with Gasteiger partial charge in [0.25, 0.3) is 5.91 Å². The third-order valence-electron chi connectivity index (χ3n) is 3.67. The Labute approximate surface area is 158 Å². The Morgan fingerprint density at radius 3 is 2.79 bits per heavy atom. The van der Waals surface area contributed by atoms with Crippen LogP contribution in [0.4, 0.5) is 11.4 Å². The van der Waals surface area contributed by atoms with Gasteiger partial charge in [-0.1, -0.05) is 17.7 Å². The van der Waals surface area contributed by atoms with Crippen LogP contribution >= 0.6 is 34.2 Å². The molecule has 0 saturated carbocycles. The van der Waals surface area contributed by atoms with E-state index in [1.807, 2.05) is 29.2 Å². The predicted octanol–water partition coefficient (Wildman–Crippen LogP) is 3.13. The molecule has 7 heteroatoms. The summed E-state index contributed by atoms with van der Waals surface area (Å²) in [4.78, 5) is 25.7. The van der Waals surface area contributed by atoms with Gasteiger partial charge in [-0.15, -0.1) is 0 Å². The lowest BCUT2D eigenvalue weighted by atomic mass is 10.2. The predicted molar refractivity (Wildman–Crippen MR) is 104 cm³/mol. The van der Waals surface area contributed by atoms with Gasteiger partial charge in [0.05, 0.1) is 17.3 Å². The number of piperazine rings is 1. The maximum atomic E-state index is 12.3. The fourth-order valence-corrected chi connectivity index (χ4v) is 3.36. The highest BCUT2D eigenvalue weighted by Crippen LogP contribution is 2.29. The zero-order chi connectivity index (χ0) is 17.1. The molecule has 1 heterocycles. The summed E-state index contributed by atoms with van der Waals surface area (Å²) in [6.07, 6.45) is 0. The molecular weight excluding hydrogens is 441 g/mol. The first kappa shape index (κ1) is 17.0. The standard InChI is InChI=1S/C17H15ClIN3O2/c18-14-9-13(21-17(24)11-2-1-3-12(19)8-11)4-5-15(14)22-7-6-20-16(23)10-22/h1-5,8-9H,6-7,10H2,(H,20,23)(H,21,24). The maximum absolute atomic E-state index is 12.3. The summed E-state index contributed by atoms with van der Waals surface area (Å²) in [7, 11) is 0. The van der Waals surface area contributed by atoms with E-state index in [4.69, 9.17) is 11.6 Å². The number of amides is 2. The Balaban J connectivity index is 1.75. The topological polar surface area (TPSA) is 61.4 Å². The lowest BCUT2D eigenvalue weighted by Crippen LogP contribution is -2.47. The zero-order valence-electron chi connectivity index (χ0n) is 12.7. The summed E-state index contributed by atoms with van der Waals surface area (Å²) in [5, 5.41) is 6.13. The van der Waals surface area contributed by atoms with E-state index in [-0.39, 0.29) is 18.4 Å². The van der Waals surface area contributed by atoms with Gasteiger partial charge in [0, 0.05) is 27.9 Å². The largest absolute Gasteiger partial charge is 0.359 e. The van der Waals surface area contributed by atoms with E-state index >= 15 is 0 Å². The molecule has 2 N–H and O–H groups in total. The molecule has 3 rings (SSSR count). The molecular formula is C17H15ClIN3O2. The number of nitrogens with one attached hydrogen (secondary N) is 2. The summed E-state index contributed by atoms with van der Waals surface area (Å²) in [5.74, 6) is -0.206. The molecule has 5 nitrogen and oxygen atoms in total. The summed E-state index contributed by atoms with van der Waals surface area (Å²) in [5.41, 5.74) is 2.00. The van der Waals surface area contributed by atoms with Gasteiger partial charge in [-0.05, 0) is 59.0 Å². The second kappa shape index (κ2) is 7.40. The Bertz CT molecular complexity index is 797. The van der Waals surface area contributed by atoms with Crippen LogP contribution in [0.3, 0.4) is 0 Å². The van der Waals surface area contributed by atoms with Gasteiger partial charge in [0.2, 0.25) is 5.91 Å². The van der Waals surface area contributed by atoms with Crippen LogP contribution in [-0.4, -0.2) is 31.4 Å². The van der Waals surface area contributed by atoms with Crippen molar-refractivity contribution in [2.75, 3.05) is 29.9 Å². The van der Waals surface area contributed by atoms with E-state index in [0.29, 0.717) is 29.4 Å². The van der Waals surface area contributed by atoms with Gasteiger partial charge in [-0.25, -0.2) is 0 Å². The van der Waals surface area contributed by atoms with Crippen molar-refractivity contribution in [1.29, 1.82) is 0 Å². The lowest BCUT2D eigenvalue weighted by Gasteiger charge is -2.29. The minimum absolute atomic E-state index is 0.0200. The molecule has 24 heavy (non-hydrogen) atoms. The summed E-state index contributed by atoms with van der Waals surface area (Å²) < 4.78 is 0.997. The first-order chi connectivity index (χ1) is 11.5. The van der Waals surface area contributed by atoms with Crippen molar-refractivity contribution < 1.29 is 9.59 Å². The Kier molecular flexibility index (Phi) is 5.25. The first-order valence-corrected chi connectivity index (χ1v) is 8.87. The number of carbonyl (C=O) groups is 2. The summed E-state index contributed by atoms with van der Waals surface area (Å²) in [6, 6.07) is 12.7. The van der Waals surface area contributed by atoms with Crippen molar-refractivity contribution in [3.05, 3.63) is 56.6 Å². The van der Waals surface area contributed by atoms with Crippen molar-refractivity contribution in [1.82, 2.24) is 5.32 Å². The number of hydrogen-bond donors (Lipinski definition) is 2. The number of anilines is 2. The second-order valence-corrected chi connectivity index (χ2v) is 7.06. The van der Waals surface area contributed by atoms with Crippen LogP contribution < -0.4 is 15.5 Å². The molecule has 0 spiro atoms. The average molecular weight is 456 g/mol. The molecule has 1 aliphatic rings. The van der Waals surface area contributed by atoms with Crippen LogP contribution in [0.15, 0.2) is 42.5 Å². The van der Waals surface area contributed by atoms with Crippen molar-refractivity contribution in [2.24, 2.45) is 0 Å². The van der Waals surface area contributed by atoms with Gasteiger partial charge in [0.1, 0.15) is 0 Å². The highest BCUT2D eigenvalue weighted by atomic mass is 127. The van der Waals surface area contributed by atoms with Gasteiger partial charge in [-0.2, -0.15) is 0 Å². The second-order valence-electron chi connectivity index (χ2n) is 5.40. The van der Waals surface area contributed by atoms with Crippen LogP contribution in [-0.2, 0) is 4.79 Å². The Hall–Kier alpha value is -1.80. The van der Waals surface area contributed by atoms with E-state index in [2.05, 4.69) is 33.2 Å². The molecule has 1 aliphatic heterocycles. The minimum Gasteiger partial charge on any atom is -0.359 e. The highest BCUT2D eigenvalue weighted by Gasteiger charge is 2.19. The van der Waals surface area contributed by atoms with Gasteiger partial charge >= 0.3 is 0 Å². The normalized spacial score (nSPS) is 14.2. The van der Waals surface area contributed by atoms with E-state index in [1.165, 1.54) is 0 Å². The van der Waals surface area contributed by atoms with Crippen LogP contribution in [0.5, 0.6) is 0 Å². The van der Waals surface area contributed by atoms with Crippen LogP contribution in [0.25, 0.3) is 0 Å². The maximum Gasteiger partial charge on any atom is 0.255 e. The molecule has 2 aromatic rings. The number of nitrogens with zero attached hydrogens (tertiary/aromatic N) is 1. The summed E-state index contributed by atoms with van der Waals surface area (Å²) in [6.45, 7) is 1.59. The average Bonchev–Trinajstić information content (AvgIpc) is 2.55. The molecule has 2 amide bonds. The van der Waals surface area contributed by atoms with E-state index in [1.54, 1.807) is 18.2 Å². The van der Waals surface area contributed by atoms with Crippen LogP contribution in [0.1, 0.15) is 10.4 Å². The Morgan fingerprint density at radius 1 is 1.25 bits per heavy atom. The molecule has 0 unspecified atom stereocenters. The van der Waals surface area contributed by atoms with Crippen molar-refractivity contribution >= 4 is 57.4 Å². The number of benzene rings is 2. The van der Waals surface area contributed by atoms with Crippen molar-refractivity contribution in [3.63, 3.8) is 0 Å². The molecule has 124 valence electrons. The first-order valence-electron chi connectivity index (χ1n) is 7.41. The fraction of sp³-hybridized carbons (Fsp3) is 0.176. The number of hydrogen-bond acceptors (Lipinski definition) is 3. The molecule has 1 fully saturated rings. The third-order valence-corrected chi connectivity index (χ3v) is 4.65. The molecule has 0 aliphatic carbocycles. The number of rotatable bonds is 3. The van der Waals surface area contributed by atoms with Gasteiger partial charge < -0.3 is 15.5 Å². The van der Waals surface area contributed by atoms with Crippen LogP contribution in [0, 0.1) is 3.57 Å². The molecule has 0 aromatic heterocycles. The van der Waals surface area contributed by atoms with E-state index in [9.17, 15) is 9.59 Å². The molecule has 2 aromatic carbocycles. The molecule has 0 bridgehead atoms. The number of carbonyl (C=O) groups excluding carboxylic acids is 2. The van der Waals surface area contributed by atoms with Gasteiger partial charge in [0.15, 0.2) is 0 Å². The fourth-order valence-electron chi connectivity index (χ4n) is 2.52. The number of halogens is 2. The van der Waals surface area contributed by atoms with Crippen molar-refractivity contribution in [2.45, 2.75) is 0 Å². The SMILES string of the molecule is O=C1CN(c2ccc(NC(=O)c3cccc(I)c3)cc2Cl)CCN1. The van der Waals surface area contributed by atoms with E-state index < -0.39 is 0 Å². The lowest BCUT2D eigenvalue weighted by molar-refractivity contribution is -0.120. The van der Waals surface area contributed by atoms with Crippen LogP contribution in [0.2, 0.25) is 5.02 Å². The molecule has 0 atom stereocenters. The Morgan fingerprint density at radius 2 is 2.08 bits per heavy atom. The molecule has 1 saturated heterocycles. The zero-order valence-corrected chi connectivity index (χ0v) is 15.6. The van der Waals surface area contributed by atoms with Gasteiger partial charge in [-0.3, -0.25) is 9.59 Å². The van der Waals surface area contributed by atoms with Crippen molar-refractivity contribution in [3.8, 4) is 0 Å². The molecule has 0 radical (unpaired) electrons. The highest BCUT2D eigenvalue weighted by molar-refractivity contribution is 14.1. The van der Waals surface area contributed by atoms with E-state index in [0.717, 1.165) is 9.26 Å². The smallest absolute Gasteiger partial charge is 0.255 e.